The Morgan fingerprint density at radius 2 is 1.85 bits per heavy atom. The quantitative estimate of drug-likeness (QED) is 0.441. The first-order valence-electron chi connectivity index (χ1n) is 8.08. The van der Waals surface area contributed by atoms with Crippen molar-refractivity contribution in [2.24, 2.45) is 5.10 Å². The molecule has 4 rings (SSSR count). The van der Waals surface area contributed by atoms with Crippen LogP contribution in [0.25, 0.3) is 22.0 Å². The van der Waals surface area contributed by atoms with Gasteiger partial charge in [0.05, 0.1) is 11.9 Å². The zero-order valence-corrected chi connectivity index (χ0v) is 13.8. The molecular weight excluding hydrogens is 326 g/mol. The number of hydrogen-bond acceptors (Lipinski definition) is 4. The van der Waals surface area contributed by atoms with Gasteiger partial charge >= 0.3 is 0 Å². The number of benzene rings is 2. The van der Waals surface area contributed by atoms with Gasteiger partial charge in [0, 0.05) is 18.0 Å². The molecule has 0 atom stereocenters. The van der Waals surface area contributed by atoms with Crippen LogP contribution in [0.3, 0.4) is 0 Å². The Balaban J connectivity index is 1.54. The second kappa shape index (κ2) is 6.98. The minimum Gasteiger partial charge on any atom is -0.272 e. The number of aromatic amines is 1. The van der Waals surface area contributed by atoms with Crippen LogP contribution in [0.2, 0.25) is 0 Å². The van der Waals surface area contributed by atoms with Gasteiger partial charge in [-0.1, -0.05) is 42.5 Å². The van der Waals surface area contributed by atoms with E-state index in [-0.39, 0.29) is 5.91 Å². The van der Waals surface area contributed by atoms with Gasteiger partial charge in [0.2, 0.25) is 0 Å². The number of amides is 1. The second-order valence-corrected chi connectivity index (χ2v) is 5.67. The average molecular weight is 341 g/mol. The highest BCUT2D eigenvalue weighted by atomic mass is 16.2. The molecule has 0 bridgehead atoms. The van der Waals surface area contributed by atoms with E-state index in [0.29, 0.717) is 11.4 Å². The summed E-state index contributed by atoms with van der Waals surface area (Å²) in [5.41, 5.74) is 5.37. The van der Waals surface area contributed by atoms with Gasteiger partial charge in [-0.2, -0.15) is 10.2 Å². The van der Waals surface area contributed by atoms with E-state index in [1.807, 2.05) is 42.5 Å². The number of rotatable bonds is 4. The summed E-state index contributed by atoms with van der Waals surface area (Å²) < 4.78 is 0. The molecule has 126 valence electrons. The molecule has 4 aromatic rings. The van der Waals surface area contributed by atoms with E-state index >= 15 is 0 Å². The number of carbonyl (C=O) groups excluding carboxylic acids is 1. The molecule has 0 aliphatic carbocycles. The van der Waals surface area contributed by atoms with Crippen LogP contribution in [0.1, 0.15) is 16.1 Å². The van der Waals surface area contributed by atoms with Crippen molar-refractivity contribution in [1.82, 2.24) is 20.6 Å². The minimum atomic E-state index is -0.353. The predicted octanol–water partition coefficient (Wildman–Crippen LogP) is 3.39. The highest BCUT2D eigenvalue weighted by molar-refractivity contribution is 5.98. The van der Waals surface area contributed by atoms with E-state index in [4.69, 9.17) is 0 Å². The lowest BCUT2D eigenvalue weighted by atomic mass is 10.0. The van der Waals surface area contributed by atoms with Crippen LogP contribution in [-0.4, -0.2) is 27.3 Å². The number of H-pyrrole nitrogens is 1. The molecule has 0 radical (unpaired) electrons. The maximum Gasteiger partial charge on any atom is 0.289 e. The Bertz CT molecular complexity index is 1080. The van der Waals surface area contributed by atoms with E-state index in [0.717, 1.165) is 21.9 Å². The summed E-state index contributed by atoms with van der Waals surface area (Å²) in [6, 6.07) is 19.4. The molecule has 2 heterocycles. The topological polar surface area (TPSA) is 83.0 Å². The first kappa shape index (κ1) is 15.7. The van der Waals surface area contributed by atoms with E-state index in [9.17, 15) is 4.79 Å². The molecule has 6 heteroatoms. The zero-order chi connectivity index (χ0) is 17.8. The van der Waals surface area contributed by atoms with Crippen LogP contribution in [0, 0.1) is 0 Å². The highest BCUT2D eigenvalue weighted by Crippen LogP contribution is 2.27. The second-order valence-electron chi connectivity index (χ2n) is 5.67. The Labute approximate surface area is 149 Å². The number of aromatic nitrogens is 3. The lowest BCUT2D eigenvalue weighted by molar-refractivity contribution is 0.0950. The van der Waals surface area contributed by atoms with Gasteiger partial charge < -0.3 is 0 Å². The third-order valence-corrected chi connectivity index (χ3v) is 3.97. The molecule has 0 saturated heterocycles. The zero-order valence-electron chi connectivity index (χ0n) is 13.8. The van der Waals surface area contributed by atoms with Gasteiger partial charge in [0.15, 0.2) is 0 Å². The van der Waals surface area contributed by atoms with Gasteiger partial charge in [0.1, 0.15) is 5.69 Å². The average Bonchev–Trinajstić information content (AvgIpc) is 3.18. The van der Waals surface area contributed by atoms with Crippen LogP contribution in [0.15, 0.2) is 78.2 Å². The lowest BCUT2D eigenvalue weighted by Crippen LogP contribution is -2.17. The van der Waals surface area contributed by atoms with E-state index in [2.05, 4.69) is 25.7 Å². The number of pyridine rings is 1. The fraction of sp³-hybridized carbons (Fsp3) is 0. The summed E-state index contributed by atoms with van der Waals surface area (Å²) in [7, 11) is 0. The third kappa shape index (κ3) is 3.21. The minimum absolute atomic E-state index is 0.347. The summed E-state index contributed by atoms with van der Waals surface area (Å²) in [6.45, 7) is 0. The number of hydrazone groups is 1. The Hall–Kier alpha value is -3.80. The van der Waals surface area contributed by atoms with Crippen molar-refractivity contribution in [3.8, 4) is 11.3 Å². The highest BCUT2D eigenvalue weighted by Gasteiger charge is 2.12. The first-order valence-corrected chi connectivity index (χ1v) is 8.08. The van der Waals surface area contributed by atoms with Gasteiger partial charge in [-0.3, -0.25) is 14.9 Å². The molecule has 2 N–H and O–H groups in total. The van der Waals surface area contributed by atoms with Gasteiger partial charge in [-0.15, -0.1) is 0 Å². The van der Waals surface area contributed by atoms with Crippen LogP contribution in [0.4, 0.5) is 0 Å². The molecule has 2 aromatic heterocycles. The molecular formula is C20H15N5O. The predicted molar refractivity (Wildman–Crippen MR) is 101 cm³/mol. The summed E-state index contributed by atoms with van der Waals surface area (Å²) in [5, 5.41) is 13.2. The molecule has 1 amide bonds. The fourth-order valence-electron chi connectivity index (χ4n) is 2.70. The van der Waals surface area contributed by atoms with E-state index in [1.165, 1.54) is 0 Å². The first-order chi connectivity index (χ1) is 12.8. The van der Waals surface area contributed by atoms with Crippen molar-refractivity contribution in [3.63, 3.8) is 0 Å². The Morgan fingerprint density at radius 1 is 1.04 bits per heavy atom. The summed E-state index contributed by atoms with van der Waals surface area (Å²) >= 11 is 0. The van der Waals surface area contributed by atoms with Crippen LogP contribution in [0.5, 0.6) is 0 Å². The van der Waals surface area contributed by atoms with Gasteiger partial charge in [-0.25, -0.2) is 5.43 Å². The Morgan fingerprint density at radius 3 is 2.73 bits per heavy atom. The normalized spacial score (nSPS) is 11.1. The summed E-state index contributed by atoms with van der Waals surface area (Å²) in [6.07, 6.45) is 4.88. The standard InChI is InChI=1S/C20H15N5O/c26-20(25-22-13-14-8-10-21-11-9-14)19-12-18(23-24-19)17-7-3-5-15-4-1-2-6-16(15)17/h1-13H,(H,23,24)(H,25,26). The molecule has 0 unspecified atom stereocenters. The van der Waals surface area contributed by atoms with Crippen molar-refractivity contribution < 1.29 is 4.79 Å². The van der Waals surface area contributed by atoms with Crippen molar-refractivity contribution in [2.45, 2.75) is 0 Å². The van der Waals surface area contributed by atoms with Crippen molar-refractivity contribution in [3.05, 3.63) is 84.3 Å². The monoisotopic (exact) mass is 341 g/mol. The van der Waals surface area contributed by atoms with Crippen LogP contribution >= 0.6 is 0 Å². The molecule has 6 nitrogen and oxygen atoms in total. The van der Waals surface area contributed by atoms with Crippen molar-refractivity contribution >= 4 is 22.9 Å². The number of nitrogens with zero attached hydrogens (tertiary/aromatic N) is 3. The smallest absolute Gasteiger partial charge is 0.272 e. The number of fused-ring (bicyclic) bond motifs is 1. The van der Waals surface area contributed by atoms with E-state index < -0.39 is 0 Å². The lowest BCUT2D eigenvalue weighted by Gasteiger charge is -2.02. The van der Waals surface area contributed by atoms with Crippen molar-refractivity contribution in [1.29, 1.82) is 0 Å². The molecule has 0 spiro atoms. The molecule has 0 aliphatic heterocycles. The molecule has 2 aromatic carbocycles. The number of carbonyl (C=O) groups is 1. The molecule has 0 aliphatic rings. The molecule has 0 saturated carbocycles. The fourth-order valence-corrected chi connectivity index (χ4v) is 2.70. The summed E-state index contributed by atoms with van der Waals surface area (Å²) in [5.74, 6) is -0.353. The summed E-state index contributed by atoms with van der Waals surface area (Å²) in [4.78, 5) is 16.2. The van der Waals surface area contributed by atoms with Crippen molar-refractivity contribution in [2.75, 3.05) is 0 Å². The maximum absolute atomic E-state index is 12.2. The van der Waals surface area contributed by atoms with Crippen LogP contribution in [-0.2, 0) is 0 Å². The van der Waals surface area contributed by atoms with Gasteiger partial charge in [-0.05, 0) is 34.5 Å². The molecule has 26 heavy (non-hydrogen) atoms. The number of hydrogen-bond donors (Lipinski definition) is 2. The van der Waals surface area contributed by atoms with Crippen LogP contribution < -0.4 is 5.43 Å². The van der Waals surface area contributed by atoms with Gasteiger partial charge in [0.25, 0.3) is 5.91 Å². The maximum atomic E-state index is 12.2. The van der Waals surface area contributed by atoms with E-state index in [1.54, 1.807) is 36.8 Å². The SMILES string of the molecule is O=C(NN=Cc1ccncc1)c1cc(-c2cccc3ccccc23)n[nH]1. The number of nitrogens with one attached hydrogen (secondary N) is 2. The third-order valence-electron chi connectivity index (χ3n) is 3.97. The Kier molecular flexibility index (Phi) is 4.22. The molecule has 0 fully saturated rings. The largest absolute Gasteiger partial charge is 0.289 e.